The first kappa shape index (κ1) is 61.2. The lowest BCUT2D eigenvalue weighted by Gasteiger charge is -2.31. The second kappa shape index (κ2) is 27.7. The second-order valence-electron chi connectivity index (χ2n) is 17.5. The van der Waals surface area contributed by atoms with Crippen molar-refractivity contribution < 1.29 is 28.5 Å². The molecule has 80 heavy (non-hydrogen) atoms. The molecule has 0 saturated carbocycles. The molecule has 6 N–H and O–H groups in total. The third-order valence-electron chi connectivity index (χ3n) is 12.4. The molecular formula is C56H57BCl4N11O8. The molecule has 2 aromatic heterocycles. The van der Waals surface area contributed by atoms with Gasteiger partial charge in [0.05, 0.1) is 86.1 Å². The lowest BCUT2D eigenvalue weighted by Crippen LogP contribution is -2.41. The van der Waals surface area contributed by atoms with Crippen LogP contribution in [0.25, 0.3) is 21.8 Å². The normalized spacial score (nSPS) is 11.8. The molecule has 6 aromatic carbocycles. The van der Waals surface area contributed by atoms with E-state index in [2.05, 4.69) is 15.6 Å². The Bertz CT molecular complexity index is 3660. The predicted molar refractivity (Wildman–Crippen MR) is 321 cm³/mol. The van der Waals surface area contributed by atoms with Gasteiger partial charge in [0.1, 0.15) is 34.6 Å². The summed E-state index contributed by atoms with van der Waals surface area (Å²) < 4.78 is 24.9. The summed E-state index contributed by atoms with van der Waals surface area (Å²) in [5.74, 6) is 2.94. The minimum absolute atomic E-state index is 0. The first-order chi connectivity index (χ1) is 37.9. The number of amidine groups is 1. The molecule has 0 aliphatic heterocycles. The smallest absolute Gasteiger partial charge is 0.327 e. The largest absolute Gasteiger partial charge is 0.497 e. The maximum absolute atomic E-state index is 14.0. The van der Waals surface area contributed by atoms with Gasteiger partial charge in [-0.15, -0.1) is 0 Å². The zero-order valence-corrected chi connectivity index (χ0v) is 47.7. The van der Waals surface area contributed by atoms with Gasteiger partial charge in [-0.2, -0.15) is 0 Å². The lowest BCUT2D eigenvalue weighted by molar-refractivity contribution is 0.253. The monoisotopic (exact) mass is 1160 g/mol. The number of carbonyl (C=O) groups is 2. The van der Waals surface area contributed by atoms with Crippen LogP contribution in [0.1, 0.15) is 44.5 Å². The van der Waals surface area contributed by atoms with Crippen LogP contribution in [0.5, 0.6) is 23.0 Å². The van der Waals surface area contributed by atoms with Crippen LogP contribution in [-0.2, 0) is 13.1 Å². The van der Waals surface area contributed by atoms with Crippen molar-refractivity contribution in [3.05, 3.63) is 174 Å². The number of amides is 4. The van der Waals surface area contributed by atoms with E-state index in [0.717, 1.165) is 0 Å². The van der Waals surface area contributed by atoms with Crippen LogP contribution in [0.2, 0.25) is 20.1 Å². The van der Waals surface area contributed by atoms with E-state index in [1.54, 1.807) is 149 Å². The Balaban J connectivity index is 0.000000256. The maximum Gasteiger partial charge on any atom is 0.327 e. The van der Waals surface area contributed by atoms with Gasteiger partial charge in [-0.05, 0) is 130 Å². The van der Waals surface area contributed by atoms with Crippen molar-refractivity contribution in [2.45, 2.75) is 45.9 Å². The molecule has 4 amide bonds. The fourth-order valence-corrected chi connectivity index (χ4v) is 9.16. The molecular weight excluding hydrogens is 1110 g/mol. The average Bonchev–Trinajstić information content (AvgIpc) is 3.53. The van der Waals surface area contributed by atoms with E-state index >= 15 is 0 Å². The van der Waals surface area contributed by atoms with Crippen molar-refractivity contribution in [3.63, 3.8) is 0 Å². The van der Waals surface area contributed by atoms with Crippen LogP contribution in [-0.4, -0.2) is 86.9 Å². The third-order valence-corrected chi connectivity index (χ3v) is 13.3. The number of halogens is 4. The van der Waals surface area contributed by atoms with Gasteiger partial charge in [-0.3, -0.25) is 33.5 Å². The molecule has 2 unspecified atom stereocenters. The van der Waals surface area contributed by atoms with Gasteiger partial charge in [0.2, 0.25) is 0 Å². The number of nitrogens with two attached hydrogens (primary N) is 2. The molecule has 24 heteroatoms. The minimum atomic E-state index is -0.764. The van der Waals surface area contributed by atoms with E-state index in [4.69, 9.17) is 86.8 Å². The van der Waals surface area contributed by atoms with Crippen molar-refractivity contribution in [3.8, 4) is 23.0 Å². The highest BCUT2D eigenvalue weighted by molar-refractivity contribution is 6.32. The number of benzene rings is 6. The SMILES string of the molecule is COc1ccc(N(C(=O)Nc2ccc(Cl)cc2)C(C)c2nc3ccc(Cl)cc3c(=O)n2CCN)c(OC)c1.COc1ccc(N(C(=O)Nc2ccc(Cl)cc2)C(C)c2nc3ccc(Cl)cc3c(=O)n2CCN=C(C)N)c(OC)c1.[B]. The second-order valence-corrected chi connectivity index (χ2v) is 19.3. The number of urea groups is 2. The summed E-state index contributed by atoms with van der Waals surface area (Å²) in [5, 5.41) is 8.41. The number of ether oxygens (including phenoxy) is 4. The van der Waals surface area contributed by atoms with Crippen molar-refractivity contribution >= 4 is 117 Å². The van der Waals surface area contributed by atoms with Crippen molar-refractivity contribution in [2.24, 2.45) is 16.5 Å². The summed E-state index contributed by atoms with van der Waals surface area (Å²) in [4.78, 5) is 71.9. The highest BCUT2D eigenvalue weighted by Crippen LogP contribution is 2.39. The Labute approximate surface area is 483 Å². The Morgan fingerprint density at radius 3 is 1.34 bits per heavy atom. The van der Waals surface area contributed by atoms with Crippen LogP contribution >= 0.6 is 46.4 Å². The van der Waals surface area contributed by atoms with E-state index in [0.29, 0.717) is 105 Å². The molecule has 8 aromatic rings. The number of methoxy groups -OCH3 is 4. The number of hydrogen-bond donors (Lipinski definition) is 4. The predicted octanol–water partition coefficient (Wildman–Crippen LogP) is 11.0. The zero-order valence-electron chi connectivity index (χ0n) is 44.7. The van der Waals surface area contributed by atoms with Crippen molar-refractivity contribution in [1.82, 2.24) is 19.1 Å². The summed E-state index contributed by atoms with van der Waals surface area (Å²) in [5.41, 5.74) is 13.8. The molecule has 0 aliphatic rings. The van der Waals surface area contributed by atoms with Crippen LogP contribution in [0.15, 0.2) is 136 Å². The number of aliphatic imine (C=N–C) groups is 1. The number of rotatable bonds is 17. The van der Waals surface area contributed by atoms with E-state index in [1.165, 1.54) is 40.3 Å². The first-order valence-corrected chi connectivity index (χ1v) is 25.9. The minimum Gasteiger partial charge on any atom is -0.497 e. The van der Waals surface area contributed by atoms with Crippen LogP contribution < -0.4 is 62.0 Å². The van der Waals surface area contributed by atoms with Gasteiger partial charge in [0, 0.05) is 71.6 Å². The summed E-state index contributed by atoms with van der Waals surface area (Å²) in [7, 11) is 6.08. The van der Waals surface area contributed by atoms with Gasteiger partial charge >= 0.3 is 12.1 Å². The number of fused-ring (bicyclic) bond motifs is 2. The standard InChI is InChI=1S/C29H30Cl2N6O4.C27H27Cl2N5O4.B/c1-17(27-35-24-11-7-20(31)15-23(24)28(38)36(27)14-13-33-18(2)32)37(25-12-10-22(40-3)16-26(25)41-4)29(39)34-21-8-5-19(30)6-9-21;1-16(25-32-22-10-6-18(29)14-21(22)26(35)33(25)13-12-30)34(23-11-9-20(37-2)15-24(23)38-3)27(36)31-19-7-4-17(28)5-8-19;/h5-12,15-17H,13-14H2,1-4H3,(H2,32,33)(H,34,39);4-11,14-16H,12-13,30H2,1-3H3,(H,31,36);. The number of anilines is 4. The van der Waals surface area contributed by atoms with Crippen LogP contribution in [0.3, 0.4) is 0 Å². The van der Waals surface area contributed by atoms with Crippen molar-refractivity contribution in [2.75, 3.05) is 62.0 Å². The summed E-state index contributed by atoms with van der Waals surface area (Å²) in [6, 6.07) is 31.0. The highest BCUT2D eigenvalue weighted by Gasteiger charge is 2.32. The molecule has 8 rings (SSSR count). The van der Waals surface area contributed by atoms with Gasteiger partial charge in [-0.1, -0.05) is 46.4 Å². The summed E-state index contributed by atoms with van der Waals surface area (Å²) >= 11 is 24.4. The van der Waals surface area contributed by atoms with Crippen LogP contribution in [0.4, 0.5) is 32.3 Å². The molecule has 3 radical (unpaired) electrons. The molecule has 0 fully saturated rings. The van der Waals surface area contributed by atoms with E-state index in [1.807, 2.05) is 0 Å². The molecule has 415 valence electrons. The van der Waals surface area contributed by atoms with E-state index in [-0.39, 0.29) is 45.7 Å². The first-order valence-electron chi connectivity index (χ1n) is 24.4. The highest BCUT2D eigenvalue weighted by atomic mass is 35.5. The quantitative estimate of drug-likeness (QED) is 0.0379. The molecule has 0 spiro atoms. The Morgan fingerprint density at radius 1 is 0.588 bits per heavy atom. The maximum atomic E-state index is 14.0. The fourth-order valence-electron chi connectivity index (χ4n) is 8.57. The number of nitrogens with zero attached hydrogens (tertiary/aromatic N) is 7. The molecule has 0 saturated heterocycles. The van der Waals surface area contributed by atoms with Crippen LogP contribution in [0, 0.1) is 0 Å². The third kappa shape index (κ3) is 14.2. The van der Waals surface area contributed by atoms with E-state index in [9.17, 15) is 19.2 Å². The topological polar surface area (TPSA) is 236 Å². The number of hydrogen-bond acceptors (Lipinski definition) is 12. The zero-order chi connectivity index (χ0) is 57.1. The Morgan fingerprint density at radius 2 is 0.975 bits per heavy atom. The fraction of sp³-hybridized carbons (Fsp3) is 0.232. The molecule has 2 atom stereocenters. The molecule has 2 heterocycles. The number of nitrogens with one attached hydrogen (secondary N) is 2. The molecule has 0 bridgehead atoms. The van der Waals surface area contributed by atoms with E-state index < -0.39 is 24.1 Å². The van der Waals surface area contributed by atoms with Gasteiger partial charge < -0.3 is 41.0 Å². The van der Waals surface area contributed by atoms with Gasteiger partial charge in [-0.25, -0.2) is 19.6 Å². The summed E-state index contributed by atoms with van der Waals surface area (Å²) in [6.07, 6.45) is 0. The number of carbonyl (C=O) groups excluding carboxylic acids is 2. The molecule has 19 nitrogen and oxygen atoms in total. The lowest BCUT2D eigenvalue weighted by atomic mass is 10.1. The van der Waals surface area contributed by atoms with Crippen molar-refractivity contribution in [1.29, 1.82) is 0 Å². The molecule has 0 aliphatic carbocycles. The Kier molecular flexibility index (Phi) is 21.2. The Hall–Kier alpha value is -8.01. The summed E-state index contributed by atoms with van der Waals surface area (Å²) in [6.45, 7) is 6.03. The number of aromatic nitrogens is 4. The van der Waals surface area contributed by atoms with Gasteiger partial charge in [0.25, 0.3) is 11.1 Å². The van der Waals surface area contributed by atoms with Gasteiger partial charge in [0.15, 0.2) is 0 Å². The average molecular weight is 1160 g/mol.